The molecule has 1 aromatic rings. The Balaban J connectivity index is 2.93. The topological polar surface area (TPSA) is 46.5 Å². The van der Waals surface area contributed by atoms with Crippen LogP contribution >= 0.6 is 0 Å². The summed E-state index contributed by atoms with van der Waals surface area (Å²) in [5, 5.41) is 8.93. The van der Waals surface area contributed by atoms with Crippen molar-refractivity contribution in [1.82, 2.24) is 0 Å². The predicted molar refractivity (Wildman–Crippen MR) is 58.9 cm³/mol. The molecule has 3 nitrogen and oxygen atoms in total. The van der Waals surface area contributed by atoms with Crippen LogP contribution in [0.15, 0.2) is 18.2 Å². The van der Waals surface area contributed by atoms with Gasteiger partial charge in [-0.3, -0.25) is 0 Å². The summed E-state index contributed by atoms with van der Waals surface area (Å²) in [4.78, 5) is 10.9. The van der Waals surface area contributed by atoms with Crippen LogP contribution in [-0.4, -0.2) is 23.9 Å². The SMILES string of the molecule is CCCc1ccc(OCC(F)(F)F)c(C(=O)O)c1. The third-order valence-corrected chi connectivity index (χ3v) is 2.20. The third kappa shape index (κ3) is 4.27. The zero-order valence-electron chi connectivity index (χ0n) is 9.75. The Labute approximate surface area is 102 Å². The highest BCUT2D eigenvalue weighted by Gasteiger charge is 2.29. The number of carboxylic acids is 1. The highest BCUT2D eigenvalue weighted by Crippen LogP contribution is 2.24. The first kappa shape index (κ1) is 14.3. The number of aryl methyl sites for hydroxylation is 1. The van der Waals surface area contributed by atoms with Crippen molar-refractivity contribution in [2.75, 3.05) is 6.61 Å². The van der Waals surface area contributed by atoms with E-state index in [4.69, 9.17) is 5.11 Å². The molecule has 0 atom stereocenters. The molecule has 0 aliphatic heterocycles. The maximum absolute atomic E-state index is 12.0. The van der Waals surface area contributed by atoms with Crippen molar-refractivity contribution in [2.45, 2.75) is 25.9 Å². The minimum atomic E-state index is -4.49. The van der Waals surface area contributed by atoms with Crippen LogP contribution in [0, 0.1) is 0 Å². The molecule has 1 N–H and O–H groups in total. The van der Waals surface area contributed by atoms with Crippen LogP contribution in [0.3, 0.4) is 0 Å². The average Bonchev–Trinajstić information content (AvgIpc) is 2.26. The van der Waals surface area contributed by atoms with E-state index in [1.165, 1.54) is 12.1 Å². The van der Waals surface area contributed by atoms with Gasteiger partial charge in [0.1, 0.15) is 11.3 Å². The number of rotatable bonds is 5. The van der Waals surface area contributed by atoms with E-state index >= 15 is 0 Å². The molecule has 0 saturated carbocycles. The third-order valence-electron chi connectivity index (χ3n) is 2.20. The molecule has 1 aromatic carbocycles. The largest absolute Gasteiger partial charge is 0.483 e. The van der Waals surface area contributed by atoms with Crippen molar-refractivity contribution in [2.24, 2.45) is 0 Å². The Bertz CT molecular complexity index is 427. The minimum Gasteiger partial charge on any atom is -0.483 e. The lowest BCUT2D eigenvalue weighted by Crippen LogP contribution is -2.20. The van der Waals surface area contributed by atoms with E-state index in [9.17, 15) is 18.0 Å². The summed E-state index contributed by atoms with van der Waals surface area (Å²) in [5.41, 5.74) is 0.513. The number of ether oxygens (including phenoxy) is 1. The van der Waals surface area contributed by atoms with Crippen LogP contribution in [0.4, 0.5) is 13.2 Å². The van der Waals surface area contributed by atoms with Crippen molar-refractivity contribution in [1.29, 1.82) is 0 Å². The maximum atomic E-state index is 12.0. The first-order chi connectivity index (χ1) is 8.33. The van der Waals surface area contributed by atoms with Gasteiger partial charge in [-0.05, 0) is 24.1 Å². The molecule has 0 heterocycles. The van der Waals surface area contributed by atoms with Gasteiger partial charge in [0.05, 0.1) is 0 Å². The fraction of sp³-hybridized carbons (Fsp3) is 0.417. The van der Waals surface area contributed by atoms with Crippen LogP contribution in [-0.2, 0) is 6.42 Å². The highest BCUT2D eigenvalue weighted by molar-refractivity contribution is 5.91. The molecule has 100 valence electrons. The smallest absolute Gasteiger partial charge is 0.422 e. The molecular weight excluding hydrogens is 249 g/mol. The molecular formula is C12H13F3O3. The van der Waals surface area contributed by atoms with Crippen molar-refractivity contribution in [3.05, 3.63) is 29.3 Å². The molecule has 0 bridgehead atoms. The van der Waals surface area contributed by atoms with Gasteiger partial charge < -0.3 is 9.84 Å². The molecule has 0 spiro atoms. The fourth-order valence-electron chi connectivity index (χ4n) is 1.47. The van der Waals surface area contributed by atoms with E-state index in [1.807, 2.05) is 6.92 Å². The Morgan fingerprint density at radius 1 is 1.39 bits per heavy atom. The van der Waals surface area contributed by atoms with Crippen LogP contribution < -0.4 is 4.74 Å². The average molecular weight is 262 g/mol. The van der Waals surface area contributed by atoms with Gasteiger partial charge >= 0.3 is 12.1 Å². The zero-order valence-corrected chi connectivity index (χ0v) is 9.75. The van der Waals surface area contributed by atoms with Crippen LogP contribution in [0.2, 0.25) is 0 Å². The van der Waals surface area contributed by atoms with Crippen molar-refractivity contribution in [3.8, 4) is 5.75 Å². The van der Waals surface area contributed by atoms with Gasteiger partial charge in [0.15, 0.2) is 6.61 Å². The first-order valence-corrected chi connectivity index (χ1v) is 5.39. The van der Waals surface area contributed by atoms with Crippen LogP contribution in [0.5, 0.6) is 5.75 Å². The number of benzene rings is 1. The van der Waals surface area contributed by atoms with E-state index in [0.29, 0.717) is 6.42 Å². The second-order valence-corrected chi connectivity index (χ2v) is 3.79. The summed E-state index contributed by atoms with van der Waals surface area (Å²) in [6, 6.07) is 4.18. The Morgan fingerprint density at radius 2 is 2.06 bits per heavy atom. The number of hydrogen-bond donors (Lipinski definition) is 1. The lowest BCUT2D eigenvalue weighted by molar-refractivity contribution is -0.153. The number of carboxylic acid groups (broad SMARTS) is 1. The van der Waals surface area contributed by atoms with Gasteiger partial charge in [0.2, 0.25) is 0 Å². The van der Waals surface area contributed by atoms with Crippen molar-refractivity contribution >= 4 is 5.97 Å². The van der Waals surface area contributed by atoms with E-state index in [0.717, 1.165) is 12.0 Å². The molecule has 0 radical (unpaired) electrons. The standard InChI is InChI=1S/C12H13F3O3/c1-2-3-8-4-5-10(9(6-8)11(16)17)18-7-12(13,14)15/h4-6H,2-3,7H2,1H3,(H,16,17). The first-order valence-electron chi connectivity index (χ1n) is 5.39. The van der Waals surface area contributed by atoms with Gasteiger partial charge in [-0.15, -0.1) is 0 Å². The van der Waals surface area contributed by atoms with Crippen molar-refractivity contribution in [3.63, 3.8) is 0 Å². The Hall–Kier alpha value is -1.72. The lowest BCUT2D eigenvalue weighted by Gasteiger charge is -2.12. The summed E-state index contributed by atoms with van der Waals surface area (Å²) in [7, 11) is 0. The van der Waals surface area contributed by atoms with Crippen LogP contribution in [0.25, 0.3) is 0 Å². The quantitative estimate of drug-likeness (QED) is 0.885. The molecule has 0 saturated heterocycles. The monoisotopic (exact) mass is 262 g/mol. The summed E-state index contributed by atoms with van der Waals surface area (Å²) in [5.74, 6) is -1.56. The normalized spacial score (nSPS) is 11.3. The minimum absolute atomic E-state index is 0.245. The second-order valence-electron chi connectivity index (χ2n) is 3.79. The fourth-order valence-corrected chi connectivity index (χ4v) is 1.47. The second kappa shape index (κ2) is 5.75. The highest BCUT2D eigenvalue weighted by atomic mass is 19.4. The molecule has 0 amide bonds. The molecule has 6 heteroatoms. The van der Waals surface area contributed by atoms with Gasteiger partial charge in [0, 0.05) is 0 Å². The van der Waals surface area contributed by atoms with Crippen LogP contribution in [0.1, 0.15) is 29.3 Å². The maximum Gasteiger partial charge on any atom is 0.422 e. The summed E-state index contributed by atoms with van der Waals surface area (Å²) in [6.07, 6.45) is -3.00. The lowest BCUT2D eigenvalue weighted by atomic mass is 10.1. The van der Waals surface area contributed by atoms with E-state index in [1.54, 1.807) is 6.07 Å². The molecule has 1 rings (SSSR count). The van der Waals surface area contributed by atoms with Gasteiger partial charge in [-0.25, -0.2) is 4.79 Å². The Kier molecular flexibility index (Phi) is 4.58. The number of hydrogen-bond acceptors (Lipinski definition) is 2. The molecule has 18 heavy (non-hydrogen) atoms. The molecule has 0 aliphatic carbocycles. The molecule has 0 aromatic heterocycles. The number of carbonyl (C=O) groups is 1. The molecule has 0 aliphatic rings. The number of halogens is 3. The molecule has 0 unspecified atom stereocenters. The summed E-state index contributed by atoms with van der Waals surface area (Å²) >= 11 is 0. The Morgan fingerprint density at radius 3 is 2.56 bits per heavy atom. The summed E-state index contributed by atoms with van der Waals surface area (Å²) in [6.45, 7) is 0.426. The molecule has 0 fully saturated rings. The zero-order chi connectivity index (χ0) is 13.8. The van der Waals surface area contributed by atoms with E-state index in [-0.39, 0.29) is 11.3 Å². The summed E-state index contributed by atoms with van der Waals surface area (Å²) < 4.78 is 40.5. The van der Waals surface area contributed by atoms with E-state index < -0.39 is 18.8 Å². The number of alkyl halides is 3. The number of aromatic carboxylic acids is 1. The van der Waals surface area contributed by atoms with Gasteiger partial charge in [-0.2, -0.15) is 13.2 Å². The van der Waals surface area contributed by atoms with Crippen molar-refractivity contribution < 1.29 is 27.8 Å². The van der Waals surface area contributed by atoms with E-state index in [2.05, 4.69) is 4.74 Å². The van der Waals surface area contributed by atoms with Gasteiger partial charge in [-0.1, -0.05) is 19.4 Å². The van der Waals surface area contributed by atoms with Gasteiger partial charge in [0.25, 0.3) is 0 Å². The predicted octanol–water partition coefficient (Wildman–Crippen LogP) is 3.28.